The Labute approximate surface area is 161 Å². The van der Waals surface area contributed by atoms with E-state index in [1.54, 1.807) is 0 Å². The Hall–Kier alpha value is 4.97. The Kier molecular flexibility index (Phi) is 90.4. The van der Waals surface area contributed by atoms with Crippen LogP contribution >= 0.6 is 0 Å². The fourth-order valence-electron chi connectivity index (χ4n) is 0. The monoisotopic (exact) mass is 131 g/mol. The summed E-state index contributed by atoms with van der Waals surface area (Å²) in [4.78, 5) is 0. The molecule has 0 aromatic carbocycles. The predicted molar refractivity (Wildman–Crippen MR) is 9.09 cm³/mol. The van der Waals surface area contributed by atoms with Crippen LogP contribution in [0.3, 0.4) is 0 Å². The van der Waals surface area contributed by atoms with Crippen LogP contribution in [0.1, 0.15) is 4.28 Å². The van der Waals surface area contributed by atoms with Crippen molar-refractivity contribution in [1.82, 2.24) is 0 Å². The van der Waals surface area contributed by atoms with Gasteiger partial charge < -0.3 is 4.28 Å². The smallest absolute Gasteiger partial charge is 1.00 e. The van der Waals surface area contributed by atoms with Gasteiger partial charge in [0.25, 0.3) is 0 Å². The van der Waals surface area contributed by atoms with Crippen molar-refractivity contribution in [2.75, 3.05) is 0 Å². The van der Waals surface area contributed by atoms with Crippen LogP contribution in [-0.2, 0) is 0 Å². The SMILES string of the molecule is [B].[H-].[H-].[H-].[K+].[K+].[K+]. The molecule has 0 atom stereocenters. The number of hydrogen-bond donors (Lipinski definition) is 0. The molecular formula is H3BK3. The fourth-order valence-corrected chi connectivity index (χ4v) is 0. The van der Waals surface area contributed by atoms with Gasteiger partial charge in [0, 0.05) is 8.41 Å². The van der Waals surface area contributed by atoms with Gasteiger partial charge >= 0.3 is 154 Å². The maximum Gasteiger partial charge on any atom is 1.00 e. The molecular weight excluding hydrogens is 128 g/mol. The first-order valence-corrected chi connectivity index (χ1v) is 0. The predicted octanol–water partition coefficient (Wildman–Crippen LogP) is -9.03. The zero-order chi connectivity index (χ0) is 0. The molecule has 0 N–H and O–H groups in total. The van der Waals surface area contributed by atoms with Crippen LogP contribution in [0.5, 0.6) is 0 Å². The van der Waals surface area contributed by atoms with Crippen LogP contribution in [0.4, 0.5) is 0 Å². The maximum atomic E-state index is 0. The molecule has 0 bridgehead atoms. The third kappa shape index (κ3) is 10.1. The molecule has 0 saturated carbocycles. The average Bonchev–Trinajstić information content (AvgIpc) is 0. The largest absolute Gasteiger partial charge is 1.00 e. The Morgan fingerprint density at radius 2 is 0.750 bits per heavy atom. The van der Waals surface area contributed by atoms with Crippen molar-refractivity contribution >= 4 is 8.41 Å². The van der Waals surface area contributed by atoms with Crippen molar-refractivity contribution in [1.29, 1.82) is 0 Å². The van der Waals surface area contributed by atoms with Gasteiger partial charge in [-0.05, 0) is 0 Å². The van der Waals surface area contributed by atoms with Gasteiger partial charge in [-0.25, -0.2) is 0 Å². The van der Waals surface area contributed by atoms with E-state index in [-0.39, 0.29) is 167 Å². The van der Waals surface area contributed by atoms with Crippen molar-refractivity contribution < 1.29 is 158 Å². The summed E-state index contributed by atoms with van der Waals surface area (Å²) in [7, 11) is 0. The second kappa shape index (κ2) is 15.7. The molecule has 0 heterocycles. The van der Waals surface area contributed by atoms with Gasteiger partial charge in [0.15, 0.2) is 0 Å². The summed E-state index contributed by atoms with van der Waals surface area (Å²) in [5, 5.41) is 0. The molecule has 0 nitrogen and oxygen atoms in total. The summed E-state index contributed by atoms with van der Waals surface area (Å²) in [5.41, 5.74) is 0. The van der Waals surface area contributed by atoms with Crippen molar-refractivity contribution in [3.8, 4) is 0 Å². The van der Waals surface area contributed by atoms with Crippen LogP contribution in [-0.4, -0.2) is 8.41 Å². The van der Waals surface area contributed by atoms with Crippen molar-refractivity contribution in [3.63, 3.8) is 0 Å². The average molecular weight is 131 g/mol. The van der Waals surface area contributed by atoms with Crippen LogP contribution < -0.4 is 154 Å². The molecule has 4 heavy (non-hydrogen) atoms. The molecule has 0 aliphatic rings. The van der Waals surface area contributed by atoms with Crippen LogP contribution in [0, 0.1) is 0 Å². The minimum absolute atomic E-state index is 0. The molecule has 0 aromatic heterocycles. The van der Waals surface area contributed by atoms with Gasteiger partial charge in [0.1, 0.15) is 0 Å². The molecule has 0 aliphatic carbocycles. The van der Waals surface area contributed by atoms with Crippen LogP contribution in [0.2, 0.25) is 0 Å². The molecule has 0 spiro atoms. The fraction of sp³-hybridized carbons (Fsp3) is 0. The molecule has 0 aliphatic heterocycles. The summed E-state index contributed by atoms with van der Waals surface area (Å²) >= 11 is 0. The van der Waals surface area contributed by atoms with Gasteiger partial charge in [0.05, 0.1) is 0 Å². The zero-order valence-corrected chi connectivity index (χ0v) is 12.9. The molecule has 0 unspecified atom stereocenters. The van der Waals surface area contributed by atoms with Crippen LogP contribution in [0.25, 0.3) is 0 Å². The van der Waals surface area contributed by atoms with E-state index in [0.29, 0.717) is 0 Å². The Bertz CT molecular complexity index is 10.1. The van der Waals surface area contributed by atoms with Gasteiger partial charge in [-0.3, -0.25) is 0 Å². The second-order valence-electron chi connectivity index (χ2n) is 0. The topological polar surface area (TPSA) is 0 Å². The first-order valence-electron chi connectivity index (χ1n) is 0. The first-order chi connectivity index (χ1) is 0. The third-order valence-electron chi connectivity index (χ3n) is 0. The molecule has 0 aromatic rings. The zero-order valence-electron chi connectivity index (χ0n) is 6.58. The molecule has 0 rings (SSSR count). The maximum absolute atomic E-state index is 0. The standard InChI is InChI=1S/B.3K.3H/q;3*+1;3*-1. The van der Waals surface area contributed by atoms with Gasteiger partial charge in [-0.2, -0.15) is 0 Å². The molecule has 0 amide bonds. The van der Waals surface area contributed by atoms with E-state index in [4.69, 9.17) is 0 Å². The Morgan fingerprint density at radius 1 is 0.750 bits per heavy atom. The number of rotatable bonds is 0. The summed E-state index contributed by atoms with van der Waals surface area (Å²) in [6.45, 7) is 0. The van der Waals surface area contributed by atoms with Crippen molar-refractivity contribution in [3.05, 3.63) is 0 Å². The minimum Gasteiger partial charge on any atom is -1.00 e. The summed E-state index contributed by atoms with van der Waals surface area (Å²) in [6, 6.07) is 0. The Morgan fingerprint density at radius 3 is 0.750 bits per heavy atom. The van der Waals surface area contributed by atoms with E-state index in [9.17, 15) is 0 Å². The van der Waals surface area contributed by atoms with Crippen LogP contribution in [0.15, 0.2) is 0 Å². The quantitative estimate of drug-likeness (QED) is 0.286. The summed E-state index contributed by atoms with van der Waals surface area (Å²) < 4.78 is 0. The Balaban J connectivity index is 0. The van der Waals surface area contributed by atoms with E-state index in [1.165, 1.54) is 0 Å². The van der Waals surface area contributed by atoms with E-state index in [1.807, 2.05) is 0 Å². The van der Waals surface area contributed by atoms with Gasteiger partial charge in [-0.1, -0.05) is 0 Å². The van der Waals surface area contributed by atoms with E-state index < -0.39 is 0 Å². The summed E-state index contributed by atoms with van der Waals surface area (Å²) in [5.74, 6) is 0. The van der Waals surface area contributed by atoms with E-state index in [2.05, 4.69) is 0 Å². The van der Waals surface area contributed by atoms with Gasteiger partial charge in [0.2, 0.25) is 0 Å². The number of hydrogen-bond acceptors (Lipinski definition) is 0. The van der Waals surface area contributed by atoms with Crippen molar-refractivity contribution in [2.24, 2.45) is 0 Å². The normalized spacial score (nSPS) is 0. The minimum atomic E-state index is 0. The molecule has 0 saturated heterocycles. The molecule has 3 radical (unpaired) electrons. The molecule has 4 heteroatoms. The van der Waals surface area contributed by atoms with E-state index in [0.717, 1.165) is 0 Å². The molecule has 0 fully saturated rings. The third-order valence-corrected chi connectivity index (χ3v) is 0. The first kappa shape index (κ1) is 23.1. The summed E-state index contributed by atoms with van der Waals surface area (Å²) in [6.07, 6.45) is 0. The second-order valence-corrected chi connectivity index (χ2v) is 0. The van der Waals surface area contributed by atoms with Crippen molar-refractivity contribution in [2.45, 2.75) is 0 Å². The van der Waals surface area contributed by atoms with E-state index >= 15 is 0 Å². The van der Waals surface area contributed by atoms with Gasteiger partial charge in [-0.15, -0.1) is 0 Å². The molecule has 9 valence electrons.